The van der Waals surface area contributed by atoms with Crippen LogP contribution in [0.1, 0.15) is 10.4 Å². The number of pyridine rings is 1. The Hall–Kier alpha value is -2.09. The monoisotopic (exact) mass is 304 g/mol. The average Bonchev–Trinajstić information content (AvgIpc) is 3.09. The Kier molecular flexibility index (Phi) is 4.05. The molecule has 21 heavy (non-hydrogen) atoms. The highest BCUT2D eigenvalue weighted by atomic mass is 32.2. The van der Waals surface area contributed by atoms with Crippen LogP contribution in [0.4, 0.5) is 5.95 Å². The number of thioether (sulfide) groups is 1. The molecule has 1 saturated heterocycles. The van der Waals surface area contributed by atoms with E-state index in [1.165, 1.54) is 18.1 Å². The van der Waals surface area contributed by atoms with E-state index in [1.807, 2.05) is 17.2 Å². The van der Waals surface area contributed by atoms with Gasteiger partial charge in [-0.1, -0.05) is 0 Å². The molecule has 1 aliphatic heterocycles. The molecule has 2 aromatic rings. The lowest BCUT2D eigenvalue weighted by Crippen LogP contribution is -2.49. The van der Waals surface area contributed by atoms with Gasteiger partial charge in [0.05, 0.1) is 5.56 Å². The number of nitrogens with one attached hydrogen (secondary N) is 1. The van der Waals surface area contributed by atoms with Gasteiger partial charge in [0, 0.05) is 32.4 Å². The van der Waals surface area contributed by atoms with Crippen molar-refractivity contribution in [3.63, 3.8) is 0 Å². The minimum Gasteiger partial charge on any atom is -0.338 e. The van der Waals surface area contributed by atoms with E-state index in [2.05, 4.69) is 25.1 Å². The summed E-state index contributed by atoms with van der Waals surface area (Å²) in [7, 11) is 0. The number of hydrogen-bond acceptors (Lipinski definition) is 6. The zero-order valence-corrected chi connectivity index (χ0v) is 12.5. The summed E-state index contributed by atoms with van der Waals surface area (Å²) >= 11 is 1.49. The number of piperazine rings is 1. The molecule has 1 fully saturated rings. The molecule has 0 atom stereocenters. The van der Waals surface area contributed by atoms with Crippen molar-refractivity contribution < 1.29 is 4.79 Å². The summed E-state index contributed by atoms with van der Waals surface area (Å²) in [5, 5.41) is 7.48. The largest absolute Gasteiger partial charge is 0.338 e. The van der Waals surface area contributed by atoms with Crippen molar-refractivity contribution in [1.82, 2.24) is 25.1 Å². The first-order chi connectivity index (χ1) is 10.3. The Morgan fingerprint density at radius 1 is 1.29 bits per heavy atom. The average molecular weight is 304 g/mol. The second-order valence-electron chi connectivity index (χ2n) is 4.65. The number of carbonyl (C=O) groups is 1. The number of H-pyrrole nitrogens is 1. The first-order valence-electron chi connectivity index (χ1n) is 6.68. The Labute approximate surface area is 126 Å². The number of hydrogen-bond donors (Lipinski definition) is 1. The summed E-state index contributed by atoms with van der Waals surface area (Å²) < 4.78 is 0. The Balaban J connectivity index is 1.68. The highest BCUT2D eigenvalue weighted by molar-refractivity contribution is 7.98. The van der Waals surface area contributed by atoms with Crippen LogP contribution in [0.2, 0.25) is 0 Å². The molecule has 1 aliphatic rings. The van der Waals surface area contributed by atoms with Gasteiger partial charge in [-0.3, -0.25) is 4.79 Å². The second kappa shape index (κ2) is 6.13. The SMILES string of the molecule is CSc1ncccc1C(=O)N1CCN(c2ncn[nH]2)CC1. The molecule has 0 saturated carbocycles. The zero-order chi connectivity index (χ0) is 14.7. The molecule has 3 heterocycles. The van der Waals surface area contributed by atoms with E-state index in [0.29, 0.717) is 18.7 Å². The smallest absolute Gasteiger partial charge is 0.256 e. The third kappa shape index (κ3) is 2.85. The maximum atomic E-state index is 12.6. The normalized spacial score (nSPS) is 15.3. The van der Waals surface area contributed by atoms with Crippen LogP contribution < -0.4 is 4.90 Å². The van der Waals surface area contributed by atoms with E-state index in [9.17, 15) is 4.79 Å². The van der Waals surface area contributed by atoms with Gasteiger partial charge in [0.25, 0.3) is 5.91 Å². The van der Waals surface area contributed by atoms with Gasteiger partial charge in [-0.15, -0.1) is 11.8 Å². The van der Waals surface area contributed by atoms with Crippen molar-refractivity contribution in [2.45, 2.75) is 5.03 Å². The van der Waals surface area contributed by atoms with Crippen molar-refractivity contribution in [2.75, 3.05) is 37.3 Å². The fourth-order valence-electron chi connectivity index (χ4n) is 2.36. The van der Waals surface area contributed by atoms with Crippen LogP contribution in [-0.2, 0) is 0 Å². The van der Waals surface area contributed by atoms with Crippen LogP contribution in [-0.4, -0.2) is 63.4 Å². The number of nitrogens with zero attached hydrogens (tertiary/aromatic N) is 5. The first-order valence-corrected chi connectivity index (χ1v) is 7.90. The second-order valence-corrected chi connectivity index (χ2v) is 5.44. The maximum absolute atomic E-state index is 12.6. The van der Waals surface area contributed by atoms with Crippen LogP contribution >= 0.6 is 11.8 Å². The van der Waals surface area contributed by atoms with Gasteiger partial charge in [0.15, 0.2) is 0 Å². The Bertz CT molecular complexity index is 609. The minimum absolute atomic E-state index is 0.0460. The van der Waals surface area contributed by atoms with E-state index in [0.717, 1.165) is 24.1 Å². The molecular formula is C13H16N6OS. The van der Waals surface area contributed by atoms with E-state index in [-0.39, 0.29) is 5.91 Å². The third-order valence-corrected chi connectivity index (χ3v) is 4.18. The third-order valence-electron chi connectivity index (χ3n) is 3.46. The molecule has 0 radical (unpaired) electrons. The summed E-state index contributed by atoms with van der Waals surface area (Å²) in [4.78, 5) is 24.9. The summed E-state index contributed by atoms with van der Waals surface area (Å²) in [6.07, 6.45) is 5.14. The molecule has 0 aromatic carbocycles. The van der Waals surface area contributed by atoms with E-state index in [4.69, 9.17) is 0 Å². The maximum Gasteiger partial charge on any atom is 0.256 e. The van der Waals surface area contributed by atoms with Gasteiger partial charge >= 0.3 is 0 Å². The Morgan fingerprint density at radius 2 is 2.10 bits per heavy atom. The molecule has 0 spiro atoms. The van der Waals surface area contributed by atoms with Crippen LogP contribution in [0.25, 0.3) is 0 Å². The number of aromatic amines is 1. The van der Waals surface area contributed by atoms with Crippen molar-refractivity contribution in [2.24, 2.45) is 0 Å². The molecule has 110 valence electrons. The van der Waals surface area contributed by atoms with E-state index < -0.39 is 0 Å². The molecule has 0 aliphatic carbocycles. The van der Waals surface area contributed by atoms with Crippen molar-refractivity contribution in [3.8, 4) is 0 Å². The van der Waals surface area contributed by atoms with Gasteiger partial charge in [-0.25, -0.2) is 10.1 Å². The van der Waals surface area contributed by atoms with Gasteiger partial charge in [-0.2, -0.15) is 10.1 Å². The zero-order valence-electron chi connectivity index (χ0n) is 11.7. The summed E-state index contributed by atoms with van der Waals surface area (Å²) in [5.74, 6) is 0.804. The van der Waals surface area contributed by atoms with Crippen LogP contribution in [0.5, 0.6) is 0 Å². The number of amides is 1. The molecule has 8 heteroatoms. The topological polar surface area (TPSA) is 78.0 Å². The highest BCUT2D eigenvalue weighted by Gasteiger charge is 2.24. The van der Waals surface area contributed by atoms with Gasteiger partial charge in [0.2, 0.25) is 5.95 Å². The van der Waals surface area contributed by atoms with Crippen LogP contribution in [0.15, 0.2) is 29.7 Å². The molecule has 0 unspecified atom stereocenters. The van der Waals surface area contributed by atoms with E-state index >= 15 is 0 Å². The summed E-state index contributed by atoms with van der Waals surface area (Å²) in [6, 6.07) is 3.64. The lowest BCUT2D eigenvalue weighted by Gasteiger charge is -2.34. The quantitative estimate of drug-likeness (QED) is 0.848. The number of aromatic nitrogens is 4. The van der Waals surface area contributed by atoms with Crippen LogP contribution in [0, 0.1) is 0 Å². The first kappa shape index (κ1) is 13.9. The molecule has 0 bridgehead atoms. The summed E-state index contributed by atoms with van der Waals surface area (Å²) in [6.45, 7) is 2.83. The van der Waals surface area contributed by atoms with Crippen molar-refractivity contribution in [3.05, 3.63) is 30.2 Å². The lowest BCUT2D eigenvalue weighted by molar-refractivity contribution is 0.0742. The molecule has 1 N–H and O–H groups in total. The standard InChI is InChI=1S/C13H16N6OS/c1-21-11-10(3-2-4-14-11)12(20)18-5-7-19(8-6-18)13-15-9-16-17-13/h2-4,9H,5-8H2,1H3,(H,15,16,17). The van der Waals surface area contributed by atoms with Crippen molar-refractivity contribution >= 4 is 23.6 Å². The molecule has 3 rings (SSSR count). The number of rotatable bonds is 3. The number of carbonyl (C=O) groups excluding carboxylic acids is 1. The van der Waals surface area contributed by atoms with Gasteiger partial charge < -0.3 is 9.80 Å². The minimum atomic E-state index is 0.0460. The summed E-state index contributed by atoms with van der Waals surface area (Å²) in [5.41, 5.74) is 0.679. The van der Waals surface area contributed by atoms with Crippen molar-refractivity contribution in [1.29, 1.82) is 0 Å². The van der Waals surface area contributed by atoms with Crippen LogP contribution in [0.3, 0.4) is 0 Å². The molecule has 7 nitrogen and oxygen atoms in total. The van der Waals surface area contributed by atoms with Gasteiger partial charge in [-0.05, 0) is 18.4 Å². The Morgan fingerprint density at radius 3 is 2.76 bits per heavy atom. The highest BCUT2D eigenvalue weighted by Crippen LogP contribution is 2.20. The molecular weight excluding hydrogens is 288 g/mol. The lowest BCUT2D eigenvalue weighted by atomic mass is 10.2. The predicted molar refractivity (Wildman–Crippen MR) is 80.5 cm³/mol. The van der Waals surface area contributed by atoms with Gasteiger partial charge in [0.1, 0.15) is 11.4 Å². The fourth-order valence-corrected chi connectivity index (χ4v) is 2.90. The fraction of sp³-hybridized carbons (Fsp3) is 0.385. The predicted octanol–water partition coefficient (Wildman–Crippen LogP) is 0.884. The molecule has 1 amide bonds. The molecule has 2 aromatic heterocycles. The van der Waals surface area contributed by atoms with E-state index in [1.54, 1.807) is 12.3 Å². The number of anilines is 1.